The summed E-state index contributed by atoms with van der Waals surface area (Å²) >= 11 is 0. The highest BCUT2D eigenvalue weighted by atomic mass is 16.2. The van der Waals surface area contributed by atoms with Gasteiger partial charge >= 0.3 is 0 Å². The van der Waals surface area contributed by atoms with E-state index in [4.69, 9.17) is 0 Å². The summed E-state index contributed by atoms with van der Waals surface area (Å²) in [4.78, 5) is 25.5. The summed E-state index contributed by atoms with van der Waals surface area (Å²) in [7, 11) is 0. The predicted octanol–water partition coefficient (Wildman–Crippen LogP) is 0.245. The molecule has 2 atom stereocenters. The van der Waals surface area contributed by atoms with Gasteiger partial charge in [-0.05, 0) is 32.4 Å². The molecule has 1 aliphatic heterocycles. The molecule has 0 aromatic carbocycles. The molecule has 1 fully saturated rings. The van der Waals surface area contributed by atoms with Gasteiger partial charge in [-0.15, -0.1) is 0 Å². The Bertz CT molecular complexity index is 455. The second-order valence-electron chi connectivity index (χ2n) is 4.48. The smallest absolute Gasteiger partial charge is 0.268 e. The Morgan fingerprint density at radius 1 is 1.47 bits per heavy atom. The highest BCUT2D eigenvalue weighted by Crippen LogP contribution is 2.08. The second kappa shape index (κ2) is 5.14. The molecule has 0 saturated carbocycles. The van der Waals surface area contributed by atoms with Gasteiger partial charge in [-0.1, -0.05) is 6.07 Å². The van der Waals surface area contributed by atoms with E-state index in [1.807, 2.05) is 0 Å². The molecular weight excluding hydrogens is 218 g/mol. The Morgan fingerprint density at radius 2 is 2.29 bits per heavy atom. The van der Waals surface area contributed by atoms with Crippen molar-refractivity contribution in [3.05, 3.63) is 34.2 Å². The van der Waals surface area contributed by atoms with Gasteiger partial charge in [0.25, 0.3) is 5.91 Å². The third-order valence-corrected chi connectivity index (χ3v) is 2.97. The highest BCUT2D eigenvalue weighted by molar-refractivity contribution is 5.92. The maximum Gasteiger partial charge on any atom is 0.268 e. The summed E-state index contributed by atoms with van der Waals surface area (Å²) < 4.78 is 0. The van der Waals surface area contributed by atoms with E-state index in [1.54, 1.807) is 12.1 Å². The molecule has 1 aromatic heterocycles. The maximum absolute atomic E-state index is 11.9. The monoisotopic (exact) mass is 235 g/mol. The maximum atomic E-state index is 11.9. The Hall–Kier alpha value is -1.62. The van der Waals surface area contributed by atoms with Crippen LogP contribution in [0.15, 0.2) is 23.0 Å². The first-order valence-electron chi connectivity index (χ1n) is 5.89. The average molecular weight is 235 g/mol. The average Bonchev–Trinajstić information content (AvgIpc) is 2.29. The van der Waals surface area contributed by atoms with Gasteiger partial charge in [-0.2, -0.15) is 0 Å². The van der Waals surface area contributed by atoms with Gasteiger partial charge in [0, 0.05) is 18.2 Å². The molecule has 1 aromatic rings. The van der Waals surface area contributed by atoms with Crippen molar-refractivity contribution in [3.63, 3.8) is 0 Å². The third kappa shape index (κ3) is 3.17. The van der Waals surface area contributed by atoms with Crippen LogP contribution in [-0.4, -0.2) is 29.5 Å². The van der Waals surface area contributed by atoms with E-state index in [1.165, 1.54) is 6.07 Å². The van der Waals surface area contributed by atoms with Crippen molar-refractivity contribution in [2.24, 2.45) is 0 Å². The van der Waals surface area contributed by atoms with Crippen molar-refractivity contribution in [1.82, 2.24) is 15.6 Å². The number of rotatable bonds is 2. The number of H-pyrrole nitrogens is 1. The van der Waals surface area contributed by atoms with Crippen LogP contribution in [0.4, 0.5) is 0 Å². The zero-order valence-corrected chi connectivity index (χ0v) is 9.82. The Morgan fingerprint density at radius 3 is 3.00 bits per heavy atom. The minimum Gasteiger partial charge on any atom is -0.348 e. The molecule has 0 bridgehead atoms. The number of piperidine rings is 1. The summed E-state index contributed by atoms with van der Waals surface area (Å²) in [6.07, 6.45) is 1.84. The lowest BCUT2D eigenvalue weighted by molar-refractivity contribution is 0.0920. The molecule has 0 aliphatic carbocycles. The molecule has 3 N–H and O–H groups in total. The minimum absolute atomic E-state index is 0.183. The molecular formula is C12H17N3O2. The number of carbonyl (C=O) groups excluding carboxylic acids is 1. The fraction of sp³-hybridized carbons (Fsp3) is 0.500. The van der Waals surface area contributed by atoms with Crippen LogP contribution >= 0.6 is 0 Å². The first-order valence-corrected chi connectivity index (χ1v) is 5.89. The molecule has 1 saturated heterocycles. The number of aromatic nitrogens is 1. The molecule has 2 rings (SSSR count). The lowest BCUT2D eigenvalue weighted by atomic mass is 10.0. The Kier molecular flexibility index (Phi) is 3.58. The molecule has 5 heteroatoms. The van der Waals surface area contributed by atoms with Crippen LogP contribution < -0.4 is 16.2 Å². The van der Waals surface area contributed by atoms with E-state index in [0.717, 1.165) is 19.4 Å². The third-order valence-electron chi connectivity index (χ3n) is 2.97. The lowest BCUT2D eigenvalue weighted by Gasteiger charge is -2.28. The van der Waals surface area contributed by atoms with Crippen LogP contribution in [0.1, 0.15) is 30.3 Å². The summed E-state index contributed by atoms with van der Waals surface area (Å²) in [6.45, 7) is 3.01. The van der Waals surface area contributed by atoms with Crippen LogP contribution in [0.25, 0.3) is 0 Å². The number of carbonyl (C=O) groups is 1. The Balaban J connectivity index is 1.99. The number of hydrogen-bond acceptors (Lipinski definition) is 3. The summed E-state index contributed by atoms with van der Waals surface area (Å²) in [6, 6.07) is 5.19. The van der Waals surface area contributed by atoms with E-state index < -0.39 is 0 Å². The van der Waals surface area contributed by atoms with Gasteiger partial charge in [0.15, 0.2) is 0 Å². The fourth-order valence-electron chi connectivity index (χ4n) is 2.11. The van der Waals surface area contributed by atoms with Crippen molar-refractivity contribution in [1.29, 1.82) is 0 Å². The Labute approximate surface area is 99.6 Å². The van der Waals surface area contributed by atoms with Crippen LogP contribution in [0.5, 0.6) is 0 Å². The van der Waals surface area contributed by atoms with Crippen LogP contribution in [0, 0.1) is 0 Å². The predicted molar refractivity (Wildman–Crippen MR) is 65.0 cm³/mol. The van der Waals surface area contributed by atoms with E-state index in [2.05, 4.69) is 22.5 Å². The molecule has 1 amide bonds. The molecule has 0 spiro atoms. The molecule has 5 nitrogen and oxygen atoms in total. The molecule has 17 heavy (non-hydrogen) atoms. The summed E-state index contributed by atoms with van der Waals surface area (Å²) in [5.41, 5.74) is 0.0695. The topological polar surface area (TPSA) is 74.0 Å². The van der Waals surface area contributed by atoms with Crippen LogP contribution in [0.3, 0.4) is 0 Å². The number of hydrogen-bond donors (Lipinski definition) is 3. The molecule has 1 aliphatic rings. The number of nitrogens with one attached hydrogen (secondary N) is 3. The van der Waals surface area contributed by atoms with Gasteiger partial charge in [0.2, 0.25) is 5.56 Å². The quantitative estimate of drug-likeness (QED) is 0.687. The number of amides is 1. The van der Waals surface area contributed by atoms with Crippen molar-refractivity contribution in [3.8, 4) is 0 Å². The van der Waals surface area contributed by atoms with Gasteiger partial charge in [0.05, 0.1) is 0 Å². The van der Waals surface area contributed by atoms with Crippen molar-refractivity contribution in [2.45, 2.75) is 31.8 Å². The summed E-state index contributed by atoms with van der Waals surface area (Å²) in [5.74, 6) is -0.207. The second-order valence-corrected chi connectivity index (χ2v) is 4.48. The fourth-order valence-corrected chi connectivity index (χ4v) is 2.11. The van der Waals surface area contributed by atoms with E-state index in [0.29, 0.717) is 11.7 Å². The molecule has 2 heterocycles. The largest absolute Gasteiger partial charge is 0.348 e. The molecule has 2 unspecified atom stereocenters. The van der Waals surface area contributed by atoms with E-state index >= 15 is 0 Å². The lowest BCUT2D eigenvalue weighted by Crippen LogP contribution is -2.46. The standard InChI is InChI=1S/C12H17N3O2/c1-8-7-9(5-6-13-8)14-12(17)10-3-2-4-11(16)15-10/h2-4,8-9,13H,5-7H2,1H3,(H,14,17)(H,15,16). The van der Waals surface area contributed by atoms with E-state index in [9.17, 15) is 9.59 Å². The molecule has 92 valence electrons. The summed E-state index contributed by atoms with van der Waals surface area (Å²) in [5, 5.41) is 6.27. The zero-order chi connectivity index (χ0) is 12.3. The highest BCUT2D eigenvalue weighted by Gasteiger charge is 2.20. The van der Waals surface area contributed by atoms with Gasteiger partial charge in [0.1, 0.15) is 5.69 Å². The number of aromatic amines is 1. The van der Waals surface area contributed by atoms with Gasteiger partial charge in [-0.3, -0.25) is 9.59 Å². The van der Waals surface area contributed by atoms with Crippen LogP contribution in [0.2, 0.25) is 0 Å². The van der Waals surface area contributed by atoms with Gasteiger partial charge in [-0.25, -0.2) is 0 Å². The normalized spacial score (nSPS) is 24.3. The van der Waals surface area contributed by atoms with Crippen LogP contribution in [-0.2, 0) is 0 Å². The van der Waals surface area contributed by atoms with Crippen molar-refractivity contribution < 1.29 is 4.79 Å². The van der Waals surface area contributed by atoms with Crippen molar-refractivity contribution >= 4 is 5.91 Å². The molecule has 0 radical (unpaired) electrons. The SMILES string of the molecule is CC1CC(NC(=O)c2cccc(=O)[nH]2)CCN1. The minimum atomic E-state index is -0.253. The number of pyridine rings is 1. The first-order chi connectivity index (χ1) is 8.15. The van der Waals surface area contributed by atoms with Gasteiger partial charge < -0.3 is 15.6 Å². The van der Waals surface area contributed by atoms with Crippen molar-refractivity contribution in [2.75, 3.05) is 6.54 Å². The van der Waals surface area contributed by atoms with E-state index in [-0.39, 0.29) is 17.5 Å². The zero-order valence-electron chi connectivity index (χ0n) is 9.82. The first kappa shape index (κ1) is 11.9.